The Morgan fingerprint density at radius 2 is 1.88 bits per heavy atom. The molecule has 0 fully saturated rings. The molecule has 1 atom stereocenters. The molecule has 6 heteroatoms. The molecule has 2 aromatic heterocycles. The van der Waals surface area contributed by atoms with Crippen LogP contribution in [-0.4, -0.2) is 19.6 Å². The molecule has 0 saturated carbocycles. The van der Waals surface area contributed by atoms with Crippen LogP contribution in [0.5, 0.6) is 5.88 Å². The molecule has 0 radical (unpaired) electrons. The standard InChI is InChI=1S/C11H13Cl2N3O/c1-5(2)6(3)16-4-7-8(10(16)17)14-11(13)15-9(7)12/h4-6,17H,1-3H3. The van der Waals surface area contributed by atoms with Crippen molar-refractivity contribution in [2.24, 2.45) is 5.92 Å². The van der Waals surface area contributed by atoms with E-state index in [1.165, 1.54) is 0 Å². The summed E-state index contributed by atoms with van der Waals surface area (Å²) in [5.74, 6) is 0.456. The predicted molar refractivity (Wildman–Crippen MR) is 68.8 cm³/mol. The van der Waals surface area contributed by atoms with E-state index in [1.54, 1.807) is 10.8 Å². The minimum absolute atomic E-state index is 0.0350. The average Bonchev–Trinajstić information content (AvgIpc) is 2.56. The quantitative estimate of drug-likeness (QED) is 0.671. The van der Waals surface area contributed by atoms with Crippen LogP contribution in [0.2, 0.25) is 10.4 Å². The number of fused-ring (bicyclic) bond motifs is 1. The third kappa shape index (κ3) is 2.07. The van der Waals surface area contributed by atoms with Crippen LogP contribution >= 0.6 is 23.2 Å². The SMILES string of the molecule is CC(C)C(C)n1cc2c(Cl)nc(Cl)nc2c1O. The van der Waals surface area contributed by atoms with Crippen molar-refractivity contribution in [3.63, 3.8) is 0 Å². The Hall–Kier alpha value is -1.00. The van der Waals surface area contributed by atoms with Gasteiger partial charge in [0, 0.05) is 12.2 Å². The van der Waals surface area contributed by atoms with Gasteiger partial charge in [-0.3, -0.25) is 0 Å². The van der Waals surface area contributed by atoms with Gasteiger partial charge in [0.2, 0.25) is 11.2 Å². The molecule has 17 heavy (non-hydrogen) atoms. The lowest BCUT2D eigenvalue weighted by atomic mass is 10.1. The van der Waals surface area contributed by atoms with Gasteiger partial charge in [-0.2, -0.15) is 0 Å². The van der Waals surface area contributed by atoms with E-state index >= 15 is 0 Å². The second-order valence-corrected chi connectivity index (χ2v) is 5.09. The summed E-state index contributed by atoms with van der Waals surface area (Å²) in [7, 11) is 0. The highest BCUT2D eigenvalue weighted by molar-refractivity contribution is 6.35. The molecule has 0 aliphatic heterocycles. The first kappa shape index (κ1) is 12.5. The number of hydrogen-bond donors (Lipinski definition) is 1. The van der Waals surface area contributed by atoms with Crippen LogP contribution in [0.15, 0.2) is 6.20 Å². The third-order valence-electron chi connectivity index (χ3n) is 3.00. The number of halogens is 2. The fraction of sp³-hybridized carbons (Fsp3) is 0.455. The van der Waals surface area contributed by atoms with Gasteiger partial charge in [0.1, 0.15) is 10.7 Å². The minimum atomic E-state index is 0.0350. The number of aromatic nitrogens is 3. The Morgan fingerprint density at radius 1 is 1.24 bits per heavy atom. The van der Waals surface area contributed by atoms with Crippen LogP contribution < -0.4 is 0 Å². The highest BCUT2D eigenvalue weighted by Crippen LogP contribution is 2.34. The maximum atomic E-state index is 10.1. The van der Waals surface area contributed by atoms with Crippen molar-refractivity contribution in [2.75, 3.05) is 0 Å². The lowest BCUT2D eigenvalue weighted by Gasteiger charge is -2.18. The summed E-state index contributed by atoms with van der Waals surface area (Å²) in [5.41, 5.74) is 0.391. The van der Waals surface area contributed by atoms with Crippen molar-refractivity contribution in [1.82, 2.24) is 14.5 Å². The summed E-state index contributed by atoms with van der Waals surface area (Å²) in [6, 6.07) is 0.138. The Morgan fingerprint density at radius 3 is 2.47 bits per heavy atom. The summed E-state index contributed by atoms with van der Waals surface area (Å²) >= 11 is 11.7. The van der Waals surface area contributed by atoms with Crippen LogP contribution in [0, 0.1) is 5.92 Å². The molecule has 0 saturated heterocycles. The molecule has 0 aromatic carbocycles. The van der Waals surface area contributed by atoms with Gasteiger partial charge in [-0.1, -0.05) is 25.4 Å². The summed E-state index contributed by atoms with van der Waals surface area (Å²) in [4.78, 5) is 7.85. The molecular formula is C11H13Cl2N3O. The molecule has 2 aromatic rings. The van der Waals surface area contributed by atoms with E-state index in [1.807, 2.05) is 6.92 Å². The zero-order valence-corrected chi connectivity index (χ0v) is 11.3. The van der Waals surface area contributed by atoms with Gasteiger partial charge in [0.05, 0.1) is 5.39 Å². The molecule has 0 amide bonds. The lowest BCUT2D eigenvalue weighted by molar-refractivity contribution is 0.345. The Kier molecular flexibility index (Phi) is 3.19. The summed E-state index contributed by atoms with van der Waals surface area (Å²) < 4.78 is 1.74. The Bertz CT molecular complexity index is 565. The van der Waals surface area contributed by atoms with Crippen molar-refractivity contribution in [3.05, 3.63) is 16.6 Å². The van der Waals surface area contributed by atoms with Crippen molar-refractivity contribution < 1.29 is 5.11 Å². The van der Waals surface area contributed by atoms with Gasteiger partial charge in [-0.15, -0.1) is 0 Å². The van der Waals surface area contributed by atoms with E-state index in [-0.39, 0.29) is 22.4 Å². The zero-order valence-electron chi connectivity index (χ0n) is 9.78. The van der Waals surface area contributed by atoms with Crippen molar-refractivity contribution in [1.29, 1.82) is 0 Å². The summed E-state index contributed by atoms with van der Waals surface area (Å²) in [6.07, 6.45) is 1.76. The third-order valence-corrected chi connectivity index (χ3v) is 3.46. The topological polar surface area (TPSA) is 50.9 Å². The first-order chi connectivity index (χ1) is 7.91. The normalized spacial score (nSPS) is 13.5. The fourth-order valence-corrected chi connectivity index (χ4v) is 2.09. The van der Waals surface area contributed by atoms with Crippen LogP contribution in [0.25, 0.3) is 10.9 Å². The second kappa shape index (κ2) is 4.35. The molecule has 1 unspecified atom stereocenters. The van der Waals surface area contributed by atoms with E-state index in [0.717, 1.165) is 0 Å². The van der Waals surface area contributed by atoms with E-state index < -0.39 is 0 Å². The van der Waals surface area contributed by atoms with Gasteiger partial charge >= 0.3 is 0 Å². The molecule has 2 rings (SSSR count). The van der Waals surface area contributed by atoms with Crippen molar-refractivity contribution in [2.45, 2.75) is 26.8 Å². The maximum Gasteiger partial charge on any atom is 0.224 e. The van der Waals surface area contributed by atoms with Crippen LogP contribution in [-0.2, 0) is 0 Å². The summed E-state index contributed by atoms with van der Waals surface area (Å²) in [5, 5.41) is 11.0. The van der Waals surface area contributed by atoms with Gasteiger partial charge in [-0.05, 0) is 24.4 Å². The maximum absolute atomic E-state index is 10.1. The fourth-order valence-electron chi connectivity index (χ4n) is 1.66. The monoisotopic (exact) mass is 273 g/mol. The number of aromatic hydroxyl groups is 1. The Labute approximate surface area is 109 Å². The molecule has 0 aliphatic rings. The van der Waals surface area contributed by atoms with E-state index in [2.05, 4.69) is 23.8 Å². The zero-order chi connectivity index (χ0) is 12.7. The second-order valence-electron chi connectivity index (χ2n) is 4.39. The van der Waals surface area contributed by atoms with Crippen molar-refractivity contribution >= 4 is 34.1 Å². The number of nitrogens with zero attached hydrogens (tertiary/aromatic N) is 3. The molecule has 4 nitrogen and oxygen atoms in total. The molecule has 0 aliphatic carbocycles. The molecule has 1 N–H and O–H groups in total. The highest BCUT2D eigenvalue weighted by Gasteiger charge is 2.19. The molecular weight excluding hydrogens is 261 g/mol. The molecule has 0 bridgehead atoms. The Balaban J connectivity index is 2.68. The van der Waals surface area contributed by atoms with Crippen LogP contribution in [0.3, 0.4) is 0 Å². The predicted octanol–water partition coefficient (Wildman–Crippen LogP) is 3.66. The minimum Gasteiger partial charge on any atom is -0.493 e. The van der Waals surface area contributed by atoms with Crippen LogP contribution in [0.4, 0.5) is 0 Å². The van der Waals surface area contributed by atoms with E-state index in [4.69, 9.17) is 23.2 Å². The van der Waals surface area contributed by atoms with Crippen molar-refractivity contribution in [3.8, 4) is 5.88 Å². The first-order valence-corrected chi connectivity index (χ1v) is 6.10. The van der Waals surface area contributed by atoms with Crippen LogP contribution in [0.1, 0.15) is 26.8 Å². The van der Waals surface area contributed by atoms with Gasteiger partial charge < -0.3 is 9.67 Å². The smallest absolute Gasteiger partial charge is 0.224 e. The number of hydrogen-bond acceptors (Lipinski definition) is 3. The van der Waals surface area contributed by atoms with Gasteiger partial charge in [0.25, 0.3) is 0 Å². The first-order valence-electron chi connectivity index (χ1n) is 5.34. The number of rotatable bonds is 2. The average molecular weight is 274 g/mol. The van der Waals surface area contributed by atoms with E-state index in [9.17, 15) is 5.11 Å². The highest BCUT2D eigenvalue weighted by atomic mass is 35.5. The molecule has 0 spiro atoms. The van der Waals surface area contributed by atoms with Gasteiger partial charge in [-0.25, -0.2) is 9.97 Å². The molecule has 2 heterocycles. The largest absolute Gasteiger partial charge is 0.493 e. The van der Waals surface area contributed by atoms with Gasteiger partial charge in [0.15, 0.2) is 0 Å². The van der Waals surface area contributed by atoms with E-state index in [0.29, 0.717) is 16.8 Å². The lowest BCUT2D eigenvalue weighted by Crippen LogP contribution is -2.09. The molecule has 92 valence electrons. The summed E-state index contributed by atoms with van der Waals surface area (Å²) in [6.45, 7) is 6.18.